The van der Waals surface area contributed by atoms with Crippen molar-refractivity contribution in [2.24, 2.45) is 0 Å². The minimum Gasteiger partial charge on any atom is -0.370 e. The normalized spacial score (nSPS) is 18.6. The highest BCUT2D eigenvalue weighted by Crippen LogP contribution is 2.35. The second-order valence-electron chi connectivity index (χ2n) is 4.09. The number of hydrogen-bond donors (Lipinski definition) is 0. The number of halogens is 1. The number of methoxy groups -OCH3 is 1. The lowest BCUT2D eigenvalue weighted by molar-refractivity contribution is 0.00568. The molecule has 1 aliphatic carbocycles. The van der Waals surface area contributed by atoms with Gasteiger partial charge in [-0.3, -0.25) is 9.78 Å². The molecule has 1 heterocycles. The fourth-order valence-corrected chi connectivity index (χ4v) is 2.27. The van der Waals surface area contributed by atoms with Gasteiger partial charge in [-0.25, -0.2) is 4.39 Å². The smallest absolute Gasteiger partial charge is 0.197 e. The van der Waals surface area contributed by atoms with Crippen LogP contribution in [0.5, 0.6) is 0 Å². The lowest BCUT2D eigenvalue weighted by atomic mass is 9.91. The first-order valence-electron chi connectivity index (χ1n) is 5.39. The summed E-state index contributed by atoms with van der Waals surface area (Å²) >= 11 is 0. The van der Waals surface area contributed by atoms with E-state index in [2.05, 4.69) is 4.98 Å². The Labute approximate surface area is 93.6 Å². The van der Waals surface area contributed by atoms with Crippen molar-refractivity contribution in [2.75, 3.05) is 7.11 Å². The molecule has 86 valence electrons. The molecule has 16 heavy (non-hydrogen) atoms. The molecule has 1 aliphatic rings. The Morgan fingerprint density at radius 1 is 1.50 bits per heavy atom. The van der Waals surface area contributed by atoms with Crippen LogP contribution < -0.4 is 0 Å². The molecule has 1 aromatic heterocycles. The Hall–Kier alpha value is -1.29. The van der Waals surface area contributed by atoms with E-state index in [0.29, 0.717) is 12.8 Å². The van der Waals surface area contributed by atoms with Gasteiger partial charge in [0.25, 0.3) is 0 Å². The molecule has 2 rings (SSSR count). The predicted octanol–water partition coefficient (Wildman–Crippen LogP) is 2.36. The van der Waals surface area contributed by atoms with Gasteiger partial charge in [-0.15, -0.1) is 0 Å². The largest absolute Gasteiger partial charge is 0.370 e. The maximum Gasteiger partial charge on any atom is 0.197 e. The quantitative estimate of drug-likeness (QED) is 0.738. The molecular weight excluding hydrogens is 209 g/mol. The predicted molar refractivity (Wildman–Crippen MR) is 56.7 cm³/mol. The average molecular weight is 223 g/mol. The van der Waals surface area contributed by atoms with E-state index in [1.165, 1.54) is 19.4 Å². The number of aromatic nitrogens is 1. The Bertz CT molecular complexity index is 400. The van der Waals surface area contributed by atoms with E-state index in [1.807, 2.05) is 0 Å². The van der Waals surface area contributed by atoms with Crippen LogP contribution >= 0.6 is 0 Å². The fourth-order valence-electron chi connectivity index (χ4n) is 2.27. The molecule has 0 amide bonds. The maximum atomic E-state index is 13.5. The molecule has 1 aromatic rings. The van der Waals surface area contributed by atoms with Crippen LogP contribution in [0.4, 0.5) is 4.39 Å². The highest BCUT2D eigenvalue weighted by Gasteiger charge is 2.42. The lowest BCUT2D eigenvalue weighted by Gasteiger charge is -2.25. The SMILES string of the molecule is COC1(C(=O)c2ccncc2F)CCCC1. The Morgan fingerprint density at radius 2 is 2.19 bits per heavy atom. The van der Waals surface area contributed by atoms with Crippen molar-refractivity contribution in [3.63, 3.8) is 0 Å². The van der Waals surface area contributed by atoms with Gasteiger partial charge in [0.05, 0.1) is 11.8 Å². The van der Waals surface area contributed by atoms with Crippen LogP contribution in [0, 0.1) is 5.82 Å². The molecule has 0 aromatic carbocycles. The number of ether oxygens (including phenoxy) is 1. The maximum absolute atomic E-state index is 13.5. The van der Waals surface area contributed by atoms with Crippen LogP contribution in [-0.2, 0) is 4.74 Å². The van der Waals surface area contributed by atoms with Gasteiger partial charge >= 0.3 is 0 Å². The van der Waals surface area contributed by atoms with Crippen LogP contribution in [-0.4, -0.2) is 23.5 Å². The van der Waals surface area contributed by atoms with Crippen molar-refractivity contribution in [3.05, 3.63) is 29.8 Å². The summed E-state index contributed by atoms with van der Waals surface area (Å²) in [6.45, 7) is 0. The first-order chi connectivity index (χ1) is 7.69. The van der Waals surface area contributed by atoms with Gasteiger partial charge in [-0.1, -0.05) is 0 Å². The summed E-state index contributed by atoms with van der Waals surface area (Å²) in [6.07, 6.45) is 5.73. The van der Waals surface area contributed by atoms with E-state index >= 15 is 0 Å². The molecular formula is C12H14FNO2. The molecule has 0 radical (unpaired) electrons. The van der Waals surface area contributed by atoms with Crippen molar-refractivity contribution in [1.29, 1.82) is 0 Å². The molecule has 3 nitrogen and oxygen atoms in total. The molecule has 0 N–H and O–H groups in total. The zero-order valence-electron chi connectivity index (χ0n) is 9.20. The van der Waals surface area contributed by atoms with E-state index in [0.717, 1.165) is 19.0 Å². The summed E-state index contributed by atoms with van der Waals surface area (Å²) in [4.78, 5) is 15.9. The number of rotatable bonds is 3. The molecule has 1 fully saturated rings. The number of nitrogens with zero attached hydrogens (tertiary/aromatic N) is 1. The summed E-state index contributed by atoms with van der Waals surface area (Å²) in [5, 5.41) is 0. The first kappa shape index (κ1) is 11.2. The van der Waals surface area contributed by atoms with Crippen molar-refractivity contribution < 1.29 is 13.9 Å². The van der Waals surface area contributed by atoms with E-state index in [1.54, 1.807) is 0 Å². The molecule has 0 spiro atoms. The summed E-state index contributed by atoms with van der Waals surface area (Å²) in [5.74, 6) is -0.830. The van der Waals surface area contributed by atoms with Crippen LogP contribution in [0.2, 0.25) is 0 Å². The van der Waals surface area contributed by atoms with Crippen molar-refractivity contribution in [1.82, 2.24) is 4.98 Å². The van der Waals surface area contributed by atoms with E-state index in [9.17, 15) is 9.18 Å². The number of carbonyl (C=O) groups is 1. The Morgan fingerprint density at radius 3 is 2.75 bits per heavy atom. The highest BCUT2D eigenvalue weighted by atomic mass is 19.1. The van der Waals surface area contributed by atoms with Crippen LogP contribution in [0.3, 0.4) is 0 Å². The zero-order chi connectivity index (χ0) is 11.6. The van der Waals surface area contributed by atoms with Crippen LogP contribution in [0.15, 0.2) is 18.5 Å². The summed E-state index contributed by atoms with van der Waals surface area (Å²) < 4.78 is 18.8. The number of Topliss-reactive ketones (excluding diaryl/α,β-unsaturated/α-hetero) is 1. The standard InChI is InChI=1S/C12H14FNO2/c1-16-12(5-2-3-6-12)11(15)9-4-7-14-8-10(9)13/h4,7-8H,2-3,5-6H2,1H3. The Kier molecular flexibility index (Phi) is 3.01. The van der Waals surface area contributed by atoms with Gasteiger partial charge in [0.1, 0.15) is 5.60 Å². The highest BCUT2D eigenvalue weighted by molar-refractivity contribution is 6.02. The number of hydrogen-bond acceptors (Lipinski definition) is 3. The minimum atomic E-state index is -0.817. The molecule has 4 heteroatoms. The van der Waals surface area contributed by atoms with Gasteiger partial charge in [0, 0.05) is 13.3 Å². The van der Waals surface area contributed by atoms with E-state index in [4.69, 9.17) is 4.74 Å². The third-order valence-corrected chi connectivity index (χ3v) is 3.23. The lowest BCUT2D eigenvalue weighted by Crippen LogP contribution is -2.38. The van der Waals surface area contributed by atoms with E-state index < -0.39 is 11.4 Å². The molecule has 0 unspecified atom stereocenters. The first-order valence-corrected chi connectivity index (χ1v) is 5.39. The van der Waals surface area contributed by atoms with Gasteiger partial charge in [-0.05, 0) is 31.7 Å². The molecule has 0 bridgehead atoms. The molecule has 0 aliphatic heterocycles. The van der Waals surface area contributed by atoms with Gasteiger partial charge in [0.2, 0.25) is 0 Å². The summed E-state index contributed by atoms with van der Waals surface area (Å²) in [7, 11) is 1.52. The third-order valence-electron chi connectivity index (χ3n) is 3.23. The van der Waals surface area contributed by atoms with Gasteiger partial charge < -0.3 is 4.74 Å². The second-order valence-corrected chi connectivity index (χ2v) is 4.09. The van der Waals surface area contributed by atoms with Crippen molar-refractivity contribution >= 4 is 5.78 Å². The van der Waals surface area contributed by atoms with Gasteiger partial charge in [-0.2, -0.15) is 0 Å². The Balaban J connectivity index is 2.34. The number of ketones is 1. The zero-order valence-corrected chi connectivity index (χ0v) is 9.20. The van der Waals surface area contributed by atoms with Gasteiger partial charge in [0.15, 0.2) is 11.6 Å². The summed E-state index contributed by atoms with van der Waals surface area (Å²) in [5.41, 5.74) is -0.735. The molecule has 0 atom stereocenters. The summed E-state index contributed by atoms with van der Waals surface area (Å²) in [6, 6.07) is 1.41. The number of pyridine rings is 1. The van der Waals surface area contributed by atoms with Crippen molar-refractivity contribution in [2.45, 2.75) is 31.3 Å². The van der Waals surface area contributed by atoms with Crippen molar-refractivity contribution in [3.8, 4) is 0 Å². The monoisotopic (exact) mass is 223 g/mol. The van der Waals surface area contributed by atoms with Crippen LogP contribution in [0.25, 0.3) is 0 Å². The molecule has 0 saturated heterocycles. The topological polar surface area (TPSA) is 39.2 Å². The third kappa shape index (κ3) is 1.73. The average Bonchev–Trinajstić information content (AvgIpc) is 2.78. The van der Waals surface area contributed by atoms with E-state index in [-0.39, 0.29) is 11.3 Å². The minimum absolute atomic E-state index is 0.0822. The van der Waals surface area contributed by atoms with Crippen LogP contribution in [0.1, 0.15) is 36.0 Å². The fraction of sp³-hybridized carbons (Fsp3) is 0.500. The number of carbonyl (C=O) groups excluding carboxylic acids is 1. The second kappa shape index (κ2) is 4.29. The molecule has 1 saturated carbocycles.